The first-order valence-electron chi connectivity index (χ1n) is 9.51. The van der Waals surface area contributed by atoms with Gasteiger partial charge in [-0.25, -0.2) is 9.97 Å². The third kappa shape index (κ3) is 5.96. The molecule has 1 amide bonds. The van der Waals surface area contributed by atoms with Crippen LogP contribution in [0.2, 0.25) is 0 Å². The van der Waals surface area contributed by atoms with Crippen molar-refractivity contribution in [3.8, 4) is 0 Å². The molecule has 0 aliphatic carbocycles. The lowest BCUT2D eigenvalue weighted by Crippen LogP contribution is -2.39. The molecule has 2 atom stereocenters. The highest BCUT2D eigenvalue weighted by molar-refractivity contribution is 7.99. The Morgan fingerprint density at radius 1 is 1.19 bits per heavy atom. The fourth-order valence-electron chi connectivity index (χ4n) is 3.53. The summed E-state index contributed by atoms with van der Waals surface area (Å²) in [6.07, 6.45) is 2.87. The predicted molar refractivity (Wildman–Crippen MR) is 111 cm³/mol. The number of nitrogens with zero attached hydrogens (tertiary/aromatic N) is 3. The van der Waals surface area contributed by atoms with Crippen LogP contribution in [-0.4, -0.2) is 34.7 Å². The van der Waals surface area contributed by atoms with Gasteiger partial charge in [-0.15, -0.1) is 0 Å². The number of anilines is 1. The number of carbonyl (C=O) groups excluding carboxylic acids is 1. The summed E-state index contributed by atoms with van der Waals surface area (Å²) >= 11 is 1.46. The third-order valence-electron chi connectivity index (χ3n) is 4.78. The van der Waals surface area contributed by atoms with Crippen LogP contribution in [0.3, 0.4) is 0 Å². The molecule has 27 heavy (non-hydrogen) atoms. The maximum Gasteiger partial charge on any atom is 0.230 e. The summed E-state index contributed by atoms with van der Waals surface area (Å²) in [6, 6.07) is 10.2. The summed E-state index contributed by atoms with van der Waals surface area (Å²) in [7, 11) is 0. The molecule has 144 valence electrons. The van der Waals surface area contributed by atoms with E-state index < -0.39 is 0 Å². The van der Waals surface area contributed by atoms with Gasteiger partial charge in [0.15, 0.2) is 0 Å². The van der Waals surface area contributed by atoms with E-state index in [1.807, 2.05) is 18.2 Å². The Morgan fingerprint density at radius 3 is 2.59 bits per heavy atom. The van der Waals surface area contributed by atoms with E-state index in [0.29, 0.717) is 24.1 Å². The quantitative estimate of drug-likeness (QED) is 0.608. The minimum Gasteiger partial charge on any atom is -0.356 e. The Hall–Kier alpha value is -2.08. The van der Waals surface area contributed by atoms with Crippen LogP contribution in [0.4, 0.5) is 5.82 Å². The SMILES string of the molecule is Cc1ccc(CNC(=O)CSc2cc(N3C[C@@H](C)C[C@H](C)C3)ncn2)cc1. The standard InChI is InChI=1S/C21H28N4OS/c1-15-4-6-18(7-5-15)10-22-20(26)13-27-21-9-19(23-14-24-21)25-11-16(2)8-17(3)12-25/h4-7,9,14,16-17H,8,10-13H2,1-3H3,(H,22,26)/t16-,17-/m0/s1. The summed E-state index contributed by atoms with van der Waals surface area (Å²) in [5.74, 6) is 2.68. The first-order valence-corrected chi connectivity index (χ1v) is 10.5. The van der Waals surface area contributed by atoms with E-state index in [1.54, 1.807) is 6.33 Å². The Morgan fingerprint density at radius 2 is 1.89 bits per heavy atom. The zero-order valence-electron chi connectivity index (χ0n) is 16.3. The molecule has 2 aromatic rings. The molecular formula is C21H28N4OS. The molecule has 6 heteroatoms. The lowest BCUT2D eigenvalue weighted by molar-refractivity contribution is -0.118. The predicted octanol–water partition coefficient (Wildman–Crippen LogP) is 3.68. The van der Waals surface area contributed by atoms with Gasteiger partial charge in [0, 0.05) is 25.7 Å². The molecule has 1 saturated heterocycles. The second-order valence-corrected chi connectivity index (χ2v) is 8.61. The molecule has 3 rings (SSSR count). The molecule has 0 unspecified atom stereocenters. The van der Waals surface area contributed by atoms with E-state index in [4.69, 9.17) is 0 Å². The van der Waals surface area contributed by atoms with Crippen LogP contribution in [-0.2, 0) is 11.3 Å². The molecular weight excluding hydrogens is 356 g/mol. The first kappa shape index (κ1) is 19.7. The Bertz CT molecular complexity index is 755. The van der Waals surface area contributed by atoms with Crippen LogP contribution in [0.25, 0.3) is 0 Å². The van der Waals surface area contributed by atoms with Gasteiger partial charge < -0.3 is 10.2 Å². The van der Waals surface area contributed by atoms with Gasteiger partial charge in [0.25, 0.3) is 0 Å². The van der Waals surface area contributed by atoms with Gasteiger partial charge in [-0.1, -0.05) is 55.4 Å². The van der Waals surface area contributed by atoms with Crippen LogP contribution in [0.15, 0.2) is 41.7 Å². The van der Waals surface area contributed by atoms with Crippen molar-refractivity contribution < 1.29 is 4.79 Å². The Labute approximate surface area is 166 Å². The number of rotatable bonds is 6. The molecule has 0 bridgehead atoms. The molecule has 1 aromatic carbocycles. The van der Waals surface area contributed by atoms with Gasteiger partial charge in [-0.05, 0) is 30.7 Å². The lowest BCUT2D eigenvalue weighted by atomic mass is 9.92. The van der Waals surface area contributed by atoms with Crippen LogP contribution in [0.1, 0.15) is 31.4 Å². The maximum absolute atomic E-state index is 12.1. The molecule has 1 aromatic heterocycles. The summed E-state index contributed by atoms with van der Waals surface area (Å²) < 4.78 is 0. The molecule has 0 spiro atoms. The smallest absolute Gasteiger partial charge is 0.230 e. The second kappa shape index (κ2) is 9.22. The molecule has 1 fully saturated rings. The van der Waals surface area contributed by atoms with Gasteiger partial charge >= 0.3 is 0 Å². The van der Waals surface area contributed by atoms with E-state index in [2.05, 4.69) is 53.1 Å². The summed E-state index contributed by atoms with van der Waals surface area (Å²) in [5, 5.41) is 3.81. The monoisotopic (exact) mass is 384 g/mol. The highest BCUT2D eigenvalue weighted by Gasteiger charge is 2.23. The molecule has 1 N–H and O–H groups in total. The number of thioether (sulfide) groups is 1. The second-order valence-electron chi connectivity index (χ2n) is 7.62. The Kier molecular flexibility index (Phi) is 6.72. The van der Waals surface area contributed by atoms with E-state index in [1.165, 1.54) is 23.7 Å². The number of piperidine rings is 1. The summed E-state index contributed by atoms with van der Waals surface area (Å²) in [4.78, 5) is 23.2. The van der Waals surface area contributed by atoms with E-state index in [0.717, 1.165) is 29.5 Å². The topological polar surface area (TPSA) is 58.1 Å². The van der Waals surface area contributed by atoms with Crippen molar-refractivity contribution >= 4 is 23.5 Å². The average Bonchev–Trinajstić information content (AvgIpc) is 2.65. The number of aromatic nitrogens is 2. The number of hydrogen-bond acceptors (Lipinski definition) is 5. The molecule has 0 radical (unpaired) electrons. The summed E-state index contributed by atoms with van der Waals surface area (Å²) in [6.45, 7) is 9.25. The van der Waals surface area contributed by atoms with Gasteiger partial charge in [0.2, 0.25) is 5.91 Å². The van der Waals surface area contributed by atoms with Crippen molar-refractivity contribution in [2.45, 2.75) is 38.8 Å². The molecule has 0 saturated carbocycles. The zero-order chi connectivity index (χ0) is 19.2. The summed E-state index contributed by atoms with van der Waals surface area (Å²) in [5.41, 5.74) is 2.33. The van der Waals surface area contributed by atoms with Gasteiger partial charge in [-0.2, -0.15) is 0 Å². The Balaban J connectivity index is 1.50. The van der Waals surface area contributed by atoms with Crippen molar-refractivity contribution in [1.29, 1.82) is 0 Å². The number of benzene rings is 1. The van der Waals surface area contributed by atoms with Gasteiger partial charge in [0.05, 0.1) is 5.75 Å². The van der Waals surface area contributed by atoms with Gasteiger partial charge in [-0.3, -0.25) is 4.79 Å². The van der Waals surface area contributed by atoms with Crippen LogP contribution < -0.4 is 10.2 Å². The minimum atomic E-state index is 0.0148. The van der Waals surface area contributed by atoms with E-state index >= 15 is 0 Å². The minimum absolute atomic E-state index is 0.0148. The number of hydrogen-bond donors (Lipinski definition) is 1. The van der Waals surface area contributed by atoms with Crippen LogP contribution in [0.5, 0.6) is 0 Å². The van der Waals surface area contributed by atoms with Crippen molar-refractivity contribution in [2.24, 2.45) is 11.8 Å². The molecule has 2 heterocycles. The van der Waals surface area contributed by atoms with E-state index in [9.17, 15) is 4.79 Å². The fourth-order valence-corrected chi connectivity index (χ4v) is 4.22. The number of carbonyl (C=O) groups is 1. The normalized spacial score (nSPS) is 19.7. The molecule has 5 nitrogen and oxygen atoms in total. The largest absolute Gasteiger partial charge is 0.356 e. The van der Waals surface area contributed by atoms with Crippen LogP contribution in [0, 0.1) is 18.8 Å². The highest BCUT2D eigenvalue weighted by Crippen LogP contribution is 2.26. The number of amides is 1. The molecule has 1 aliphatic rings. The zero-order valence-corrected chi connectivity index (χ0v) is 17.1. The fraction of sp³-hybridized carbons (Fsp3) is 0.476. The van der Waals surface area contributed by atoms with Crippen molar-refractivity contribution in [3.63, 3.8) is 0 Å². The van der Waals surface area contributed by atoms with Crippen molar-refractivity contribution in [3.05, 3.63) is 47.8 Å². The van der Waals surface area contributed by atoms with Crippen LogP contribution >= 0.6 is 11.8 Å². The highest BCUT2D eigenvalue weighted by atomic mass is 32.2. The number of nitrogens with one attached hydrogen (secondary N) is 1. The number of aryl methyl sites for hydroxylation is 1. The average molecular weight is 385 g/mol. The lowest BCUT2D eigenvalue weighted by Gasteiger charge is -2.35. The van der Waals surface area contributed by atoms with E-state index in [-0.39, 0.29) is 5.91 Å². The van der Waals surface area contributed by atoms with Gasteiger partial charge in [0.1, 0.15) is 17.2 Å². The maximum atomic E-state index is 12.1. The molecule has 1 aliphatic heterocycles. The van der Waals surface area contributed by atoms with Crippen molar-refractivity contribution in [1.82, 2.24) is 15.3 Å². The first-order chi connectivity index (χ1) is 13.0. The van der Waals surface area contributed by atoms with Crippen molar-refractivity contribution in [2.75, 3.05) is 23.7 Å². The third-order valence-corrected chi connectivity index (χ3v) is 5.71.